The molecule has 7 aliphatic rings. The summed E-state index contributed by atoms with van der Waals surface area (Å²) < 4.78 is 10.0. The van der Waals surface area contributed by atoms with Crippen LogP contribution in [0.25, 0.3) is 71.2 Å². The van der Waals surface area contributed by atoms with Crippen molar-refractivity contribution in [3.05, 3.63) is 99.6 Å². The van der Waals surface area contributed by atoms with Gasteiger partial charge in [0.2, 0.25) is 0 Å². The molecule has 0 N–H and O–H groups in total. The third-order valence-corrected chi connectivity index (χ3v) is 17.8. The molecule has 288 valence electrons. The molecule has 3 heteroatoms. The molecule has 4 bridgehead atoms. The van der Waals surface area contributed by atoms with Crippen LogP contribution in [0.2, 0.25) is 0 Å². The van der Waals surface area contributed by atoms with Gasteiger partial charge in [0.25, 0.3) is 0 Å². The van der Waals surface area contributed by atoms with Crippen LogP contribution in [0.4, 0.5) is 0 Å². The van der Waals surface area contributed by atoms with Crippen LogP contribution in [0, 0.1) is 37.0 Å². The van der Waals surface area contributed by atoms with E-state index in [4.69, 9.17) is 4.42 Å². The van der Waals surface area contributed by atoms with Crippen molar-refractivity contribution < 1.29 is 4.42 Å². The van der Waals surface area contributed by atoms with Gasteiger partial charge in [0.05, 0.1) is 28.2 Å². The zero-order valence-corrected chi connectivity index (χ0v) is 34.2. The van der Waals surface area contributed by atoms with Crippen LogP contribution in [0.5, 0.6) is 0 Å². The average molecular weight is 757 g/mol. The molecule has 0 aliphatic heterocycles. The summed E-state index contributed by atoms with van der Waals surface area (Å²) in [4.78, 5) is 0. The molecule has 3 aromatic heterocycles. The minimum Gasteiger partial charge on any atom is -0.455 e. The van der Waals surface area contributed by atoms with Crippen LogP contribution in [-0.4, -0.2) is 4.40 Å². The van der Waals surface area contributed by atoms with E-state index >= 15 is 0 Å². The molecule has 8 aromatic rings. The smallest absolute Gasteiger partial charge is 0.144 e. The van der Waals surface area contributed by atoms with Gasteiger partial charge in [0.15, 0.2) is 0 Å². The van der Waals surface area contributed by atoms with Crippen molar-refractivity contribution in [3.8, 4) is 17.2 Å². The molecule has 5 aromatic carbocycles. The minimum atomic E-state index is 0.106. The Morgan fingerprint density at radius 1 is 0.621 bits per heavy atom. The number of rotatable bonds is 1. The van der Waals surface area contributed by atoms with E-state index in [0.717, 1.165) is 28.6 Å². The summed E-state index contributed by atoms with van der Waals surface area (Å²) in [6, 6.07) is 26.4. The van der Waals surface area contributed by atoms with Crippen LogP contribution in [0.15, 0.2) is 65.1 Å². The molecule has 2 unspecified atom stereocenters. The topological polar surface area (TPSA) is 41.3 Å². The van der Waals surface area contributed by atoms with Gasteiger partial charge in [-0.2, -0.15) is 5.26 Å². The van der Waals surface area contributed by atoms with Gasteiger partial charge >= 0.3 is 0 Å². The lowest BCUT2D eigenvalue weighted by molar-refractivity contribution is 0.166. The van der Waals surface area contributed by atoms with E-state index in [2.05, 4.69) is 85.0 Å². The maximum Gasteiger partial charge on any atom is 0.144 e. The highest BCUT2D eigenvalue weighted by Crippen LogP contribution is 2.65. The van der Waals surface area contributed by atoms with E-state index in [1.165, 1.54) is 179 Å². The highest BCUT2D eigenvalue weighted by atomic mass is 16.3. The highest BCUT2D eigenvalue weighted by Gasteiger charge is 2.55. The third-order valence-electron chi connectivity index (χ3n) is 17.8. The normalized spacial score (nSPS) is 25.6. The second kappa shape index (κ2) is 11.3. The Kier molecular flexibility index (Phi) is 6.42. The fourth-order valence-electron chi connectivity index (χ4n) is 16.0. The molecule has 3 nitrogen and oxygen atoms in total. The van der Waals surface area contributed by atoms with Crippen molar-refractivity contribution >= 4 is 60.0 Å². The van der Waals surface area contributed by atoms with Crippen molar-refractivity contribution in [2.24, 2.45) is 11.8 Å². The summed E-state index contributed by atoms with van der Waals surface area (Å²) >= 11 is 0. The van der Waals surface area contributed by atoms with Crippen molar-refractivity contribution in [1.29, 1.82) is 5.26 Å². The molecule has 4 fully saturated rings. The summed E-state index contributed by atoms with van der Waals surface area (Å²) in [5.74, 6) is 3.06. The molecule has 2 spiro atoms. The molecule has 7 aliphatic carbocycles. The monoisotopic (exact) mass is 756 g/mol. The maximum atomic E-state index is 11.4. The van der Waals surface area contributed by atoms with E-state index in [0.29, 0.717) is 11.8 Å². The van der Waals surface area contributed by atoms with E-state index in [9.17, 15) is 5.26 Å². The Labute approximate surface area is 340 Å². The lowest BCUT2D eigenvalue weighted by atomic mass is 9.64. The van der Waals surface area contributed by atoms with Crippen molar-refractivity contribution in [2.45, 2.75) is 139 Å². The predicted molar refractivity (Wildman–Crippen MR) is 238 cm³/mol. The predicted octanol–water partition coefficient (Wildman–Crippen LogP) is 15.1. The summed E-state index contributed by atoms with van der Waals surface area (Å²) in [7, 11) is 0. The fourth-order valence-corrected chi connectivity index (χ4v) is 16.0. The number of nitrogens with zero attached hydrogens (tertiary/aromatic N) is 2. The van der Waals surface area contributed by atoms with Crippen LogP contribution in [0.3, 0.4) is 0 Å². The summed E-state index contributed by atoms with van der Waals surface area (Å²) in [5.41, 5.74) is 18.7. The SMILES string of the molecule is Cc1cccc(C)c1-c1c2oc3ccccc3c2c2c3c4c(c(C#N)cc3n3c5cc6c(cc5c1c23)C1CC2CC(C1)CC6C2)C1(CCCCC1)CC41CCCCC1. The van der Waals surface area contributed by atoms with Crippen LogP contribution < -0.4 is 0 Å². The van der Waals surface area contributed by atoms with Gasteiger partial charge in [-0.3, -0.25) is 0 Å². The zero-order valence-electron chi connectivity index (χ0n) is 34.2. The number of nitriles is 1. The standard InChI is InChI=1S/C55H52N2O/c1-30-12-11-13-31(2)44(30)49-45-40-26-38-34-21-32-20-33(22-34)24-35(23-32)39(38)27-41(40)57-42-25-36(28-56)50-51(55(18-9-4-10-19-55)29-54(50)16-7-3-8-17-54)47(42)48(52(45)57)46-37-14-5-6-15-43(37)58-53(46)49/h5-6,11-15,25-27,32-35H,3-4,7-10,16-24,29H2,1-2H3. The number of fused-ring (bicyclic) bond motifs is 14. The summed E-state index contributed by atoms with van der Waals surface area (Å²) in [5, 5.41) is 19.5. The number of benzene rings is 5. The molecule has 0 amide bonds. The van der Waals surface area contributed by atoms with Crippen LogP contribution in [-0.2, 0) is 10.8 Å². The number of hydrogen-bond acceptors (Lipinski definition) is 2. The first-order valence-corrected chi connectivity index (χ1v) is 23.1. The highest BCUT2D eigenvalue weighted by molar-refractivity contribution is 6.39. The second-order valence-electron chi connectivity index (χ2n) is 20.7. The van der Waals surface area contributed by atoms with Gasteiger partial charge < -0.3 is 8.82 Å². The van der Waals surface area contributed by atoms with Crippen LogP contribution in [0.1, 0.15) is 154 Å². The number of aryl methyl sites for hydroxylation is 2. The Morgan fingerprint density at radius 3 is 1.97 bits per heavy atom. The van der Waals surface area contributed by atoms with Gasteiger partial charge in [0, 0.05) is 37.9 Å². The first-order valence-electron chi connectivity index (χ1n) is 23.1. The molecule has 58 heavy (non-hydrogen) atoms. The molecule has 3 heterocycles. The van der Waals surface area contributed by atoms with Crippen molar-refractivity contribution in [2.75, 3.05) is 0 Å². The first-order chi connectivity index (χ1) is 28.5. The van der Waals surface area contributed by atoms with Crippen molar-refractivity contribution in [3.63, 3.8) is 0 Å². The Hall–Kier alpha value is -4.81. The molecule has 2 atom stereocenters. The van der Waals surface area contributed by atoms with E-state index in [-0.39, 0.29) is 10.8 Å². The minimum absolute atomic E-state index is 0.106. The quantitative estimate of drug-likeness (QED) is 0.167. The lowest BCUT2D eigenvalue weighted by Crippen LogP contribution is -2.32. The number of aromatic nitrogens is 1. The van der Waals surface area contributed by atoms with E-state index < -0.39 is 0 Å². The largest absolute Gasteiger partial charge is 0.455 e. The molecule has 15 rings (SSSR count). The summed E-state index contributed by atoms with van der Waals surface area (Å²) in [6.45, 7) is 4.60. The average Bonchev–Trinajstić information content (AvgIpc) is 3.92. The lowest BCUT2D eigenvalue weighted by Gasteiger charge is -2.39. The Balaban J connectivity index is 1.26. The van der Waals surface area contributed by atoms with Gasteiger partial charge in [0.1, 0.15) is 11.2 Å². The maximum absolute atomic E-state index is 11.4. The van der Waals surface area contributed by atoms with E-state index in [1.807, 2.05) is 0 Å². The molecule has 0 radical (unpaired) electrons. The Morgan fingerprint density at radius 2 is 1.28 bits per heavy atom. The molecular weight excluding hydrogens is 705 g/mol. The van der Waals surface area contributed by atoms with Gasteiger partial charge in [-0.15, -0.1) is 0 Å². The van der Waals surface area contributed by atoms with E-state index in [1.54, 1.807) is 16.7 Å². The number of hydrogen-bond donors (Lipinski definition) is 0. The van der Waals surface area contributed by atoms with Gasteiger partial charge in [-0.1, -0.05) is 74.9 Å². The second-order valence-corrected chi connectivity index (χ2v) is 20.7. The summed E-state index contributed by atoms with van der Waals surface area (Å²) in [6.07, 6.45) is 20.8. The zero-order chi connectivity index (χ0) is 38.2. The Bertz CT molecular complexity index is 3120. The first kappa shape index (κ1) is 33.1. The molecular formula is C55H52N2O. The molecule has 4 saturated carbocycles. The van der Waals surface area contributed by atoms with Crippen molar-refractivity contribution in [1.82, 2.24) is 4.40 Å². The third kappa shape index (κ3) is 3.97. The van der Waals surface area contributed by atoms with Gasteiger partial charge in [-0.05, 0) is 176 Å². The fraction of sp³-hybridized carbons (Fsp3) is 0.436. The number of furan rings is 1. The van der Waals surface area contributed by atoms with Crippen LogP contribution >= 0.6 is 0 Å². The van der Waals surface area contributed by atoms with Gasteiger partial charge in [-0.25, -0.2) is 0 Å². The number of para-hydroxylation sites is 1. The molecule has 0 saturated heterocycles.